The van der Waals surface area contributed by atoms with Crippen LogP contribution in [0.4, 0.5) is 11.4 Å². The SMILES string of the molecule is C=CCOc1ccc([N+](=C(N)NCCc2ccc(Cl)cc2)c2ccc(OC)cc2)cc1. The molecule has 0 bridgehead atoms. The summed E-state index contributed by atoms with van der Waals surface area (Å²) >= 11 is 5.96. The summed E-state index contributed by atoms with van der Waals surface area (Å²) in [5, 5.41) is 4.06. The molecular formula is C25H27ClN3O2+. The van der Waals surface area contributed by atoms with Crippen molar-refractivity contribution in [3.8, 4) is 11.5 Å². The molecule has 0 spiro atoms. The van der Waals surface area contributed by atoms with E-state index in [-0.39, 0.29) is 0 Å². The van der Waals surface area contributed by atoms with Gasteiger partial charge in [0.1, 0.15) is 29.5 Å². The molecule has 0 unspecified atom stereocenters. The first-order valence-corrected chi connectivity index (χ1v) is 10.4. The minimum atomic E-state index is 0.460. The lowest BCUT2D eigenvalue weighted by molar-refractivity contribution is 0.363. The standard InChI is InChI=1S/C25H26ClN3O2/c1-3-18-31-24-14-10-22(11-15-24)29(21-8-12-23(30-2)13-9-21)25(27)28-17-16-19-4-6-20(26)7-5-19/h3-15H,1,16-18H2,2H3,(H2,27,28)/p+1. The average Bonchev–Trinajstić information content (AvgIpc) is 2.80. The van der Waals surface area contributed by atoms with E-state index in [1.807, 2.05) is 77.4 Å². The molecule has 5 nitrogen and oxygen atoms in total. The molecule has 0 radical (unpaired) electrons. The van der Waals surface area contributed by atoms with E-state index in [1.165, 1.54) is 5.56 Å². The first-order chi connectivity index (χ1) is 15.1. The third-order valence-corrected chi connectivity index (χ3v) is 4.92. The first kappa shape index (κ1) is 22.2. The second-order valence-corrected chi connectivity index (χ2v) is 7.25. The number of benzene rings is 3. The van der Waals surface area contributed by atoms with Gasteiger partial charge in [0.05, 0.1) is 13.7 Å². The molecule has 0 aliphatic heterocycles. The minimum Gasteiger partial charge on any atom is -0.497 e. The van der Waals surface area contributed by atoms with E-state index in [0.29, 0.717) is 19.1 Å². The van der Waals surface area contributed by atoms with E-state index in [4.69, 9.17) is 26.8 Å². The van der Waals surface area contributed by atoms with E-state index in [2.05, 4.69) is 11.9 Å². The Labute approximate surface area is 188 Å². The molecule has 160 valence electrons. The summed E-state index contributed by atoms with van der Waals surface area (Å²) in [7, 11) is 1.65. The van der Waals surface area contributed by atoms with Gasteiger partial charge in [0.15, 0.2) is 0 Å². The summed E-state index contributed by atoms with van der Waals surface area (Å²) in [5.41, 5.74) is 9.50. The van der Waals surface area contributed by atoms with Crippen molar-refractivity contribution in [2.75, 3.05) is 20.3 Å². The Morgan fingerprint density at radius 2 is 1.55 bits per heavy atom. The highest BCUT2D eigenvalue weighted by atomic mass is 35.5. The van der Waals surface area contributed by atoms with Crippen LogP contribution in [-0.4, -0.2) is 26.2 Å². The van der Waals surface area contributed by atoms with Crippen LogP contribution in [-0.2, 0) is 6.42 Å². The fourth-order valence-corrected chi connectivity index (χ4v) is 3.20. The van der Waals surface area contributed by atoms with Crippen LogP contribution in [0.1, 0.15) is 5.56 Å². The number of rotatable bonds is 9. The van der Waals surface area contributed by atoms with Crippen LogP contribution in [0.15, 0.2) is 85.5 Å². The number of nitrogens with zero attached hydrogens (tertiary/aromatic N) is 1. The number of guanidine groups is 1. The van der Waals surface area contributed by atoms with Gasteiger partial charge in [0.2, 0.25) is 0 Å². The number of nitrogens with one attached hydrogen (secondary N) is 1. The highest BCUT2D eigenvalue weighted by molar-refractivity contribution is 6.30. The van der Waals surface area contributed by atoms with Crippen molar-refractivity contribution in [1.29, 1.82) is 0 Å². The smallest absolute Gasteiger partial charge is 0.353 e. The van der Waals surface area contributed by atoms with Crippen molar-refractivity contribution in [2.45, 2.75) is 6.42 Å². The summed E-state index contributed by atoms with van der Waals surface area (Å²) < 4.78 is 12.8. The Hall–Kier alpha value is -3.44. The number of nitrogens with two attached hydrogens (primary N) is 1. The van der Waals surface area contributed by atoms with Gasteiger partial charge in [-0.15, -0.1) is 0 Å². The fourth-order valence-electron chi connectivity index (χ4n) is 3.07. The van der Waals surface area contributed by atoms with Crippen LogP contribution in [0, 0.1) is 0 Å². The van der Waals surface area contributed by atoms with Gasteiger partial charge in [-0.1, -0.05) is 36.4 Å². The van der Waals surface area contributed by atoms with Gasteiger partial charge in [0, 0.05) is 11.4 Å². The van der Waals surface area contributed by atoms with Crippen LogP contribution in [0.5, 0.6) is 11.5 Å². The molecule has 0 aliphatic carbocycles. The molecule has 0 aliphatic rings. The van der Waals surface area contributed by atoms with Gasteiger partial charge >= 0.3 is 5.96 Å². The van der Waals surface area contributed by atoms with Crippen molar-refractivity contribution in [2.24, 2.45) is 5.73 Å². The van der Waals surface area contributed by atoms with E-state index < -0.39 is 0 Å². The first-order valence-electron chi connectivity index (χ1n) is 9.99. The van der Waals surface area contributed by atoms with Crippen molar-refractivity contribution in [3.05, 3.63) is 96.0 Å². The molecule has 0 saturated carbocycles. The van der Waals surface area contributed by atoms with E-state index in [1.54, 1.807) is 13.2 Å². The number of methoxy groups -OCH3 is 1. The molecule has 0 heterocycles. The van der Waals surface area contributed by atoms with Gasteiger partial charge in [-0.25, -0.2) is 0 Å². The molecular weight excluding hydrogens is 410 g/mol. The second-order valence-electron chi connectivity index (χ2n) is 6.82. The number of ether oxygens (including phenoxy) is 2. The summed E-state index contributed by atoms with van der Waals surface area (Å²) in [6.45, 7) is 4.82. The lowest BCUT2D eigenvalue weighted by Crippen LogP contribution is -2.40. The zero-order valence-corrected chi connectivity index (χ0v) is 18.3. The highest BCUT2D eigenvalue weighted by Gasteiger charge is 2.14. The van der Waals surface area contributed by atoms with Crippen LogP contribution in [0.2, 0.25) is 5.02 Å². The summed E-state index contributed by atoms with van der Waals surface area (Å²) in [6, 6.07) is 23.3. The number of halogens is 1. The Morgan fingerprint density at radius 3 is 2.10 bits per heavy atom. The minimum absolute atomic E-state index is 0.460. The van der Waals surface area contributed by atoms with Crippen molar-refractivity contribution in [1.82, 2.24) is 9.89 Å². The number of hydrogen-bond acceptors (Lipinski definition) is 2. The molecule has 6 heteroatoms. The molecule has 0 atom stereocenters. The van der Waals surface area contributed by atoms with Gasteiger partial charge < -0.3 is 9.47 Å². The highest BCUT2D eigenvalue weighted by Crippen LogP contribution is 2.25. The number of hydrogen-bond donors (Lipinski definition) is 2. The maximum Gasteiger partial charge on any atom is 0.353 e. The van der Waals surface area contributed by atoms with E-state index in [9.17, 15) is 0 Å². The Kier molecular flexibility index (Phi) is 7.96. The molecule has 0 aromatic heterocycles. The van der Waals surface area contributed by atoms with Crippen molar-refractivity contribution in [3.63, 3.8) is 0 Å². The lowest BCUT2D eigenvalue weighted by Gasteiger charge is -2.13. The zero-order valence-electron chi connectivity index (χ0n) is 17.6. The molecule has 0 amide bonds. The molecule has 31 heavy (non-hydrogen) atoms. The molecule has 3 aromatic carbocycles. The topological polar surface area (TPSA) is 59.5 Å². The monoisotopic (exact) mass is 436 g/mol. The van der Waals surface area contributed by atoms with Gasteiger partial charge in [-0.3, -0.25) is 11.1 Å². The predicted octanol–water partition coefficient (Wildman–Crippen LogP) is 4.90. The molecule has 3 aromatic rings. The quantitative estimate of drug-likeness (QED) is 0.217. The molecule has 0 fully saturated rings. The second kappa shape index (κ2) is 11.1. The van der Waals surface area contributed by atoms with E-state index in [0.717, 1.165) is 34.3 Å². The molecule has 3 rings (SSSR count). The maximum absolute atomic E-state index is 6.49. The van der Waals surface area contributed by atoms with Crippen molar-refractivity contribution < 1.29 is 9.47 Å². The largest absolute Gasteiger partial charge is 0.497 e. The van der Waals surface area contributed by atoms with Crippen LogP contribution < -0.4 is 25.1 Å². The Balaban J connectivity index is 1.84. The van der Waals surface area contributed by atoms with Crippen molar-refractivity contribution >= 4 is 28.9 Å². The average molecular weight is 437 g/mol. The third-order valence-electron chi connectivity index (χ3n) is 4.67. The molecule has 3 N–H and O–H groups in total. The van der Waals surface area contributed by atoms with Crippen LogP contribution in [0.25, 0.3) is 0 Å². The zero-order chi connectivity index (χ0) is 22.1. The van der Waals surface area contributed by atoms with E-state index >= 15 is 0 Å². The summed E-state index contributed by atoms with van der Waals surface area (Å²) in [5.74, 6) is 2.08. The Morgan fingerprint density at radius 1 is 0.968 bits per heavy atom. The van der Waals surface area contributed by atoms with Crippen LogP contribution in [0.3, 0.4) is 0 Å². The summed E-state index contributed by atoms with van der Waals surface area (Å²) in [6.07, 6.45) is 2.54. The molecule has 0 saturated heterocycles. The van der Waals surface area contributed by atoms with Gasteiger partial charge in [-0.2, -0.15) is 4.58 Å². The maximum atomic E-state index is 6.49. The normalized spacial score (nSPS) is 11.4. The van der Waals surface area contributed by atoms with Crippen LogP contribution >= 0.6 is 11.6 Å². The fraction of sp³-hybridized carbons (Fsp3) is 0.160. The van der Waals surface area contributed by atoms with Gasteiger partial charge in [-0.05, 0) is 66.2 Å². The summed E-state index contributed by atoms with van der Waals surface area (Å²) in [4.78, 5) is 0. The third kappa shape index (κ3) is 6.27. The lowest BCUT2D eigenvalue weighted by atomic mass is 10.1. The Bertz CT molecular complexity index is 1010. The predicted molar refractivity (Wildman–Crippen MR) is 129 cm³/mol. The van der Waals surface area contributed by atoms with Gasteiger partial charge in [0.25, 0.3) is 0 Å².